The first-order chi connectivity index (χ1) is 10.5. The monoisotopic (exact) mass is 334 g/mol. The molecule has 0 aromatic carbocycles. The Morgan fingerprint density at radius 2 is 1.14 bits per heavy atom. The molecule has 0 spiro atoms. The normalized spacial score (nSPS) is 11.0. The molecule has 0 bridgehead atoms. The third kappa shape index (κ3) is 14.7. The molecule has 0 fully saturated rings. The number of carbonyl (C=O) groups excluding carboxylic acids is 1. The average Bonchev–Trinajstić information content (AvgIpc) is 2.54. The van der Waals surface area contributed by atoms with E-state index in [1.807, 2.05) is 0 Å². The van der Waals surface area contributed by atoms with E-state index in [1.165, 1.54) is 51.1 Å². The molecular weight excluding hydrogens is 295 g/mol. The maximum Gasteiger partial charge on any atom is 0.0606 e. The van der Waals surface area contributed by atoms with Gasteiger partial charge in [-0.3, -0.25) is 0 Å². The van der Waals surface area contributed by atoms with Crippen LogP contribution in [-0.2, 0) is 4.79 Å². The van der Waals surface area contributed by atoms with Crippen LogP contribution in [0.3, 0.4) is 0 Å². The van der Waals surface area contributed by atoms with E-state index >= 15 is 0 Å². The van der Waals surface area contributed by atoms with Gasteiger partial charge in [-0.25, -0.2) is 0 Å². The fourth-order valence-corrected chi connectivity index (χ4v) is 7.73. The second-order valence-electron chi connectivity index (χ2n) is 6.02. The summed E-state index contributed by atoms with van der Waals surface area (Å²) in [4.78, 5) is 9.13. The van der Waals surface area contributed by atoms with E-state index in [9.17, 15) is 0 Å². The number of hydrogen-bond acceptors (Lipinski definition) is 4. The quantitative estimate of drug-likeness (QED) is 0.506. The van der Waals surface area contributed by atoms with Crippen LogP contribution in [-0.4, -0.2) is 43.7 Å². The number of carbonyl (C=O) groups is 1. The predicted octanol–water partition coefficient (Wildman–Crippen LogP) is 2.45. The summed E-state index contributed by atoms with van der Waals surface area (Å²) in [5.41, 5.74) is 10.2. The van der Waals surface area contributed by atoms with Crippen molar-refractivity contribution in [1.82, 2.24) is 0 Å². The number of rotatable bonds is 13. The van der Waals surface area contributed by atoms with E-state index in [-0.39, 0.29) is 6.54 Å². The minimum atomic E-state index is -1.22. The van der Waals surface area contributed by atoms with Crippen LogP contribution in [0.25, 0.3) is 0 Å². The first-order valence-corrected chi connectivity index (χ1v) is 11.5. The molecule has 4 N–H and O–H groups in total. The van der Waals surface area contributed by atoms with Crippen molar-refractivity contribution in [2.75, 3.05) is 37.7 Å². The van der Waals surface area contributed by atoms with E-state index < -0.39 is 13.2 Å². The van der Waals surface area contributed by atoms with Crippen molar-refractivity contribution >= 4 is 13.2 Å². The van der Waals surface area contributed by atoms with Gasteiger partial charge in [-0.15, -0.1) is 0 Å². The van der Waals surface area contributed by atoms with E-state index in [0.29, 0.717) is 0 Å². The molecule has 0 amide bonds. The molecular formula is C17H39N2O2P. The predicted molar refractivity (Wildman–Crippen MR) is 98.8 cm³/mol. The van der Waals surface area contributed by atoms with E-state index in [1.54, 1.807) is 18.5 Å². The highest BCUT2D eigenvalue weighted by molar-refractivity contribution is 7.75. The fourth-order valence-electron chi connectivity index (χ4n) is 2.58. The van der Waals surface area contributed by atoms with Crippen molar-refractivity contribution in [3.63, 3.8) is 0 Å². The second-order valence-corrected chi connectivity index (χ2v) is 10.5. The van der Waals surface area contributed by atoms with Gasteiger partial charge < -0.3 is 21.4 Å². The number of carboxylic acid groups (broad SMARTS) is 1. The lowest BCUT2D eigenvalue weighted by Gasteiger charge is -2.28. The van der Waals surface area contributed by atoms with E-state index in [2.05, 4.69) is 26.5 Å². The molecule has 0 atom stereocenters. The summed E-state index contributed by atoms with van der Waals surface area (Å²) in [6.07, 6.45) is 15.8. The average molecular weight is 334 g/mol. The van der Waals surface area contributed by atoms with Gasteiger partial charge in [0.1, 0.15) is 0 Å². The Labute approximate surface area is 138 Å². The van der Waals surface area contributed by atoms with Crippen LogP contribution in [0.5, 0.6) is 0 Å². The zero-order valence-corrected chi connectivity index (χ0v) is 16.0. The van der Waals surface area contributed by atoms with Crippen LogP contribution in [0.2, 0.25) is 0 Å². The third-order valence-corrected chi connectivity index (χ3v) is 9.02. The summed E-state index contributed by atoms with van der Waals surface area (Å²) in [5.74, 6) is -1.22. The highest BCUT2D eigenvalue weighted by Gasteiger charge is 2.34. The Bertz CT molecular complexity index is 213. The molecule has 0 aliphatic rings. The summed E-state index contributed by atoms with van der Waals surface area (Å²) in [6.45, 7) is 7.50. The van der Waals surface area contributed by atoms with Crippen LogP contribution < -0.4 is 16.6 Å². The minimum Gasteiger partial charge on any atom is -0.549 e. The fraction of sp³-hybridized carbons (Fsp3) is 0.941. The molecule has 0 aliphatic heterocycles. The molecule has 0 aliphatic carbocycles. The molecule has 4 nitrogen and oxygen atoms in total. The Hall–Kier alpha value is -0.180. The second kappa shape index (κ2) is 17.2. The number of carboxylic acids is 1. The smallest absolute Gasteiger partial charge is 0.0606 e. The standard InChI is InChI=1S/C15H35NP.C2H5NO2/c1-4-7-12-17(13-8-5-2,14-9-6-3)15-10-11-16;3-1-2(4)5/h4-16H2,1-3H3;1,3H2,(H,4,5)/q+1;/p-1. The molecule has 0 aromatic heterocycles. The number of nitrogens with two attached hydrogens (primary N) is 2. The maximum absolute atomic E-state index is 9.13. The molecule has 134 valence electrons. The number of aliphatic carboxylic acids is 1. The van der Waals surface area contributed by atoms with Gasteiger partial charge in [0.15, 0.2) is 0 Å². The van der Waals surface area contributed by atoms with Crippen molar-refractivity contribution in [1.29, 1.82) is 0 Å². The van der Waals surface area contributed by atoms with Crippen molar-refractivity contribution in [3.05, 3.63) is 0 Å². The number of hydrogen-bond donors (Lipinski definition) is 2. The molecule has 0 unspecified atom stereocenters. The summed E-state index contributed by atoms with van der Waals surface area (Å²) in [5, 5.41) is 9.13. The van der Waals surface area contributed by atoms with Gasteiger partial charge in [-0.05, 0) is 32.2 Å². The van der Waals surface area contributed by atoms with Crippen molar-refractivity contribution < 1.29 is 9.90 Å². The zero-order chi connectivity index (χ0) is 17.3. The highest BCUT2D eigenvalue weighted by atomic mass is 31.2. The topological polar surface area (TPSA) is 92.2 Å². The van der Waals surface area contributed by atoms with E-state index in [4.69, 9.17) is 15.6 Å². The Morgan fingerprint density at radius 1 is 0.818 bits per heavy atom. The molecule has 0 radical (unpaired) electrons. The van der Waals surface area contributed by atoms with Crippen LogP contribution in [0.4, 0.5) is 0 Å². The third-order valence-electron chi connectivity index (χ3n) is 3.96. The van der Waals surface area contributed by atoms with Crippen LogP contribution in [0.15, 0.2) is 0 Å². The lowest BCUT2D eigenvalue weighted by molar-refractivity contribution is -0.303. The van der Waals surface area contributed by atoms with E-state index in [0.717, 1.165) is 6.54 Å². The lowest BCUT2D eigenvalue weighted by atomic mass is 10.4. The summed E-state index contributed by atoms with van der Waals surface area (Å²) >= 11 is 0. The molecule has 22 heavy (non-hydrogen) atoms. The molecule has 0 aromatic rings. The zero-order valence-electron chi connectivity index (χ0n) is 15.1. The Morgan fingerprint density at radius 3 is 1.36 bits per heavy atom. The molecule has 0 saturated carbocycles. The SMILES string of the molecule is CCCC[P+](CCCC)(CCCC)CCCN.NCC(=O)[O-]. The van der Waals surface area contributed by atoms with Gasteiger partial charge in [-0.1, -0.05) is 40.0 Å². The van der Waals surface area contributed by atoms with Gasteiger partial charge in [0, 0.05) is 13.8 Å². The largest absolute Gasteiger partial charge is 0.549 e. The van der Waals surface area contributed by atoms with Gasteiger partial charge >= 0.3 is 0 Å². The van der Waals surface area contributed by atoms with Gasteiger partial charge in [0.25, 0.3) is 0 Å². The molecule has 5 heteroatoms. The Balaban J connectivity index is 0. The first kappa shape index (κ1) is 24.1. The Kier molecular flexibility index (Phi) is 18.8. The van der Waals surface area contributed by atoms with Gasteiger partial charge in [-0.2, -0.15) is 0 Å². The van der Waals surface area contributed by atoms with Gasteiger partial charge in [0.05, 0.1) is 30.6 Å². The van der Waals surface area contributed by atoms with Crippen LogP contribution in [0.1, 0.15) is 65.7 Å². The lowest BCUT2D eigenvalue weighted by Crippen LogP contribution is -2.30. The molecule has 0 saturated heterocycles. The van der Waals surface area contributed by atoms with Crippen LogP contribution in [0, 0.1) is 0 Å². The van der Waals surface area contributed by atoms with Crippen molar-refractivity contribution in [2.45, 2.75) is 65.7 Å². The summed E-state index contributed by atoms with van der Waals surface area (Å²) in [7, 11) is -0.642. The number of unbranched alkanes of at least 4 members (excludes halogenated alkanes) is 3. The molecule has 0 rings (SSSR count). The van der Waals surface area contributed by atoms with Crippen molar-refractivity contribution in [3.8, 4) is 0 Å². The van der Waals surface area contributed by atoms with Crippen molar-refractivity contribution in [2.24, 2.45) is 11.5 Å². The highest BCUT2D eigenvalue weighted by Crippen LogP contribution is 2.61. The van der Waals surface area contributed by atoms with Crippen LogP contribution >= 0.6 is 7.26 Å². The summed E-state index contributed by atoms with van der Waals surface area (Å²) in [6, 6.07) is 0. The first-order valence-electron chi connectivity index (χ1n) is 8.96. The molecule has 0 heterocycles. The minimum absolute atomic E-state index is 0.389. The maximum atomic E-state index is 9.13. The van der Waals surface area contributed by atoms with Gasteiger partial charge in [0.2, 0.25) is 0 Å². The summed E-state index contributed by atoms with van der Waals surface area (Å²) < 4.78 is 0.